The Balaban J connectivity index is -0.0000000390. The fourth-order valence-electron chi connectivity index (χ4n) is 0. The van der Waals surface area contributed by atoms with Crippen LogP contribution in [-0.2, 0) is 16.5 Å². The van der Waals surface area contributed by atoms with E-state index >= 15 is 0 Å². The summed E-state index contributed by atoms with van der Waals surface area (Å²) in [6.45, 7) is 3.58. The van der Waals surface area contributed by atoms with Crippen LogP contribution in [0.15, 0.2) is 0 Å². The van der Waals surface area contributed by atoms with Gasteiger partial charge >= 0.3 is 16.5 Å². The predicted octanol–water partition coefficient (Wildman–Crippen LogP) is -12.8. The monoisotopic (exact) mass is 436 g/mol. The van der Waals surface area contributed by atoms with Gasteiger partial charge in [-0.3, -0.25) is 0 Å². The number of nitrogens with two attached hydrogens (primary N) is 6. The van der Waals surface area contributed by atoms with Gasteiger partial charge in [0.05, 0.1) is 0 Å². The molecule has 12 N–H and O–H groups in total. The van der Waals surface area contributed by atoms with Gasteiger partial charge in [0.15, 0.2) is 0 Å². The molecule has 0 aromatic carbocycles. The summed E-state index contributed by atoms with van der Waals surface area (Å²) in [5.74, 6) is 0. The van der Waals surface area contributed by atoms with Crippen LogP contribution in [0.2, 0.25) is 0 Å². The Morgan fingerprint density at radius 3 is 0.435 bits per heavy atom. The zero-order valence-electron chi connectivity index (χ0n) is 12.0. The van der Waals surface area contributed by atoms with E-state index in [1.54, 1.807) is 0 Å². The van der Waals surface area contributed by atoms with E-state index in [0.717, 1.165) is 0 Å². The smallest absolute Gasteiger partial charge is 0.329 e. The van der Waals surface area contributed by atoms with Gasteiger partial charge in [-0.15, -0.1) is 20.5 Å². The average Bonchev–Trinajstić information content (AvgIpc) is 2.35. The molecule has 0 fully saturated rings. The molecule has 0 radical (unpaired) electrons. The minimum absolute atomic E-state index is 0. The molecule has 0 atom stereocenters. The van der Waals surface area contributed by atoms with Crippen LogP contribution in [0.3, 0.4) is 0 Å². The first kappa shape index (κ1) is 38.9. The molecule has 0 aromatic rings. The molecule has 0 bridgehead atoms. The van der Waals surface area contributed by atoms with Crippen LogP contribution in [0, 0.1) is 20.5 Å². The maximum absolute atomic E-state index is 8.49. The third-order valence-electron chi connectivity index (χ3n) is 0.500. The summed E-state index contributed by atoms with van der Waals surface area (Å²) < 4.78 is 67.9. The second-order valence-electron chi connectivity index (χ2n) is 2.49. The van der Waals surface area contributed by atoms with Crippen molar-refractivity contribution in [3.05, 3.63) is 0 Å². The van der Waals surface area contributed by atoms with E-state index in [2.05, 4.69) is 0 Å². The van der Waals surface area contributed by atoms with Crippen LogP contribution in [0.5, 0.6) is 0 Å². The second-order valence-corrected chi connectivity index (χ2v) is 4.00. The van der Waals surface area contributed by atoms with Crippen LogP contribution in [0.4, 0.5) is 0 Å². The van der Waals surface area contributed by atoms with Crippen molar-refractivity contribution in [1.29, 1.82) is 0 Å². The fourth-order valence-corrected chi connectivity index (χ4v) is 0. The summed E-state index contributed by atoms with van der Waals surface area (Å²) in [6.07, 6.45) is 0. The predicted molar refractivity (Wildman–Crippen MR) is 54.3 cm³/mol. The molecule has 0 aromatic heterocycles. The van der Waals surface area contributed by atoms with Gasteiger partial charge in [-0.1, -0.05) is 0 Å². The van der Waals surface area contributed by atoms with Crippen molar-refractivity contribution in [2.75, 3.05) is 39.3 Å². The molecule has 0 heterocycles. The van der Waals surface area contributed by atoms with Crippen LogP contribution in [-0.4, -0.2) is 39.3 Å². The van der Waals surface area contributed by atoms with E-state index in [-0.39, 0.29) is 16.5 Å². The molecule has 150 valence electrons. The second kappa shape index (κ2) is 30.4. The van der Waals surface area contributed by atoms with Crippen LogP contribution in [0.1, 0.15) is 0 Å². The van der Waals surface area contributed by atoms with E-state index in [9.17, 15) is 0 Å². The summed E-state index contributed by atoms with van der Waals surface area (Å²) in [4.78, 5) is 0. The summed E-state index contributed by atoms with van der Waals surface area (Å²) in [5, 5.41) is 0. The molecule has 0 rings (SSSR count). The minimum Gasteiger partial charge on any atom is -0.329 e. The molecule has 0 saturated carbocycles. The Morgan fingerprint density at radius 1 is 0.391 bits per heavy atom. The first-order valence-corrected chi connectivity index (χ1v) is 7.65. The van der Waals surface area contributed by atoms with Gasteiger partial charge in [0.1, 0.15) is 0 Å². The Morgan fingerprint density at radius 2 is 0.435 bits per heavy atom. The largest absolute Gasteiger partial charge is 2.00 e. The normalized spacial score (nSPS) is 9.13. The van der Waals surface area contributed by atoms with Gasteiger partial charge in [0, 0.05) is 39.3 Å². The standard InChI is InChI=1S/3C2H8N2.2ClHO4.Ni/c3*3-1-2-4;2*2-1(3,4)5;/h3*1-4H2;2*(H,2,3,4,5);/q;;;;;+2/p-2. The zero-order chi connectivity index (χ0) is 19.2. The number of halogens is 2. The average molecular weight is 438 g/mol. The third-order valence-corrected chi connectivity index (χ3v) is 0.500. The Labute approximate surface area is 148 Å². The van der Waals surface area contributed by atoms with Gasteiger partial charge in [0.25, 0.3) is 0 Å². The molecule has 0 aliphatic carbocycles. The maximum atomic E-state index is 8.49. The number of hydrogen-bond donors (Lipinski definition) is 6. The molecule has 17 heteroatoms. The minimum atomic E-state index is -4.94. The van der Waals surface area contributed by atoms with Crippen molar-refractivity contribution < 1.29 is 74.2 Å². The van der Waals surface area contributed by atoms with Crippen molar-refractivity contribution in [3.8, 4) is 0 Å². The van der Waals surface area contributed by atoms with Crippen molar-refractivity contribution in [2.24, 2.45) is 34.4 Å². The summed E-state index contributed by atoms with van der Waals surface area (Å²) in [5.41, 5.74) is 29.4. The van der Waals surface area contributed by atoms with E-state index in [1.165, 1.54) is 0 Å². The van der Waals surface area contributed by atoms with E-state index in [0.29, 0.717) is 39.3 Å². The van der Waals surface area contributed by atoms with E-state index in [4.69, 9.17) is 71.7 Å². The quantitative estimate of drug-likeness (QED) is 0.223. The zero-order valence-corrected chi connectivity index (χ0v) is 14.5. The fraction of sp³-hybridized carbons (Fsp3) is 1.00. The first-order valence-electron chi connectivity index (χ1n) is 5.18. The third kappa shape index (κ3) is 767. The maximum Gasteiger partial charge on any atom is 2.00 e. The molecule has 14 nitrogen and oxygen atoms in total. The van der Waals surface area contributed by atoms with Gasteiger partial charge in [0.2, 0.25) is 0 Å². The van der Waals surface area contributed by atoms with Crippen LogP contribution >= 0.6 is 0 Å². The van der Waals surface area contributed by atoms with Gasteiger partial charge < -0.3 is 34.4 Å². The summed E-state index contributed by atoms with van der Waals surface area (Å²) >= 11 is 0. The van der Waals surface area contributed by atoms with Crippen LogP contribution in [0.25, 0.3) is 0 Å². The molecule has 0 aliphatic rings. The summed E-state index contributed by atoms with van der Waals surface area (Å²) in [6, 6.07) is 0. The Hall–Kier alpha value is 0.514. The molecular formula is C6H24Cl2N6NiO8. The number of hydrogen-bond acceptors (Lipinski definition) is 14. The van der Waals surface area contributed by atoms with E-state index < -0.39 is 20.5 Å². The van der Waals surface area contributed by atoms with Crippen molar-refractivity contribution in [1.82, 2.24) is 0 Å². The van der Waals surface area contributed by atoms with Crippen molar-refractivity contribution in [3.63, 3.8) is 0 Å². The molecule has 0 saturated heterocycles. The molecular weight excluding hydrogens is 414 g/mol. The Kier molecular flexibility index (Phi) is 51.4. The Bertz CT molecular complexity index is 139. The topological polar surface area (TPSA) is 341 Å². The van der Waals surface area contributed by atoms with E-state index in [1.807, 2.05) is 0 Å². The van der Waals surface area contributed by atoms with Gasteiger partial charge in [-0.25, -0.2) is 37.3 Å². The molecule has 0 unspecified atom stereocenters. The van der Waals surface area contributed by atoms with Crippen molar-refractivity contribution in [2.45, 2.75) is 0 Å². The van der Waals surface area contributed by atoms with Crippen LogP contribution < -0.4 is 71.7 Å². The van der Waals surface area contributed by atoms with Gasteiger partial charge in [-0.05, 0) is 0 Å². The molecule has 0 amide bonds. The molecule has 0 aliphatic heterocycles. The van der Waals surface area contributed by atoms with Crippen molar-refractivity contribution >= 4 is 0 Å². The first-order chi connectivity index (χ1) is 9.74. The summed E-state index contributed by atoms with van der Waals surface area (Å²) in [7, 11) is -9.89. The SMILES string of the molecule is NCCN.NCCN.NCCN.[Ni+2].[O-][Cl+3]([O-])([O-])[O-].[O-][Cl+3]([O-])([O-])[O-]. The number of rotatable bonds is 3. The van der Waals surface area contributed by atoms with Gasteiger partial charge in [-0.2, -0.15) is 0 Å². The molecule has 0 spiro atoms. The molecule has 23 heavy (non-hydrogen) atoms.